The Labute approximate surface area is 154 Å². The molecule has 1 aromatic heterocycles. The number of hydrogen-bond donors (Lipinski definition) is 2. The summed E-state index contributed by atoms with van der Waals surface area (Å²) in [5.41, 5.74) is 0.0197. The summed E-state index contributed by atoms with van der Waals surface area (Å²) in [6, 6.07) is 2.89. The van der Waals surface area contributed by atoms with E-state index < -0.39 is 23.4 Å². The van der Waals surface area contributed by atoms with Crippen LogP contribution in [0.2, 0.25) is 0 Å². The van der Waals surface area contributed by atoms with Crippen molar-refractivity contribution < 1.29 is 18.4 Å². The number of anilines is 2. The van der Waals surface area contributed by atoms with Crippen molar-refractivity contribution in [2.24, 2.45) is 5.92 Å². The lowest BCUT2D eigenvalue weighted by atomic mass is 9.97. The van der Waals surface area contributed by atoms with E-state index in [0.717, 1.165) is 43.9 Å². The molecule has 2 heterocycles. The first-order valence-corrected chi connectivity index (χ1v) is 8.58. The van der Waals surface area contributed by atoms with E-state index in [4.69, 9.17) is 0 Å². The molecule has 1 aliphatic rings. The summed E-state index contributed by atoms with van der Waals surface area (Å²) in [5, 5.41) is 4.83. The van der Waals surface area contributed by atoms with Crippen molar-refractivity contribution in [3.63, 3.8) is 0 Å². The molecule has 1 saturated heterocycles. The van der Waals surface area contributed by atoms with Crippen LogP contribution in [0.5, 0.6) is 0 Å². The molecule has 142 valence electrons. The summed E-state index contributed by atoms with van der Waals surface area (Å²) in [7, 11) is 0. The number of nitrogens with one attached hydrogen (secondary N) is 2. The molecule has 0 radical (unpaired) electrons. The second-order valence-electron chi connectivity index (χ2n) is 6.29. The number of nitrogens with zero attached hydrogens (tertiary/aromatic N) is 3. The minimum absolute atomic E-state index is 0.0197. The molecule has 1 fully saturated rings. The van der Waals surface area contributed by atoms with E-state index in [2.05, 4.69) is 25.5 Å². The molecule has 0 aliphatic carbocycles. The maximum Gasteiger partial charge on any atom is 0.313 e. The maximum atomic E-state index is 13.1. The zero-order chi connectivity index (χ0) is 19.2. The SMILES string of the molecule is O=C(NCC1CCN(c2cnccn2)CC1)C(=O)Nc1ccc(F)c(F)c1. The van der Waals surface area contributed by atoms with Crippen molar-refractivity contribution in [3.05, 3.63) is 48.4 Å². The highest BCUT2D eigenvalue weighted by Crippen LogP contribution is 2.20. The molecule has 2 amide bonds. The van der Waals surface area contributed by atoms with E-state index in [1.54, 1.807) is 18.6 Å². The molecule has 9 heteroatoms. The van der Waals surface area contributed by atoms with Crippen LogP contribution in [0, 0.1) is 17.6 Å². The van der Waals surface area contributed by atoms with Gasteiger partial charge >= 0.3 is 11.8 Å². The average Bonchev–Trinajstić information content (AvgIpc) is 2.70. The summed E-state index contributed by atoms with van der Waals surface area (Å²) >= 11 is 0. The van der Waals surface area contributed by atoms with Crippen LogP contribution in [-0.4, -0.2) is 41.4 Å². The summed E-state index contributed by atoms with van der Waals surface area (Å²) in [5.74, 6) is -2.77. The molecular weight excluding hydrogens is 356 g/mol. The number of carbonyl (C=O) groups is 2. The molecule has 2 N–H and O–H groups in total. The van der Waals surface area contributed by atoms with Crippen LogP contribution in [0.3, 0.4) is 0 Å². The molecule has 7 nitrogen and oxygen atoms in total. The van der Waals surface area contributed by atoms with Gasteiger partial charge in [0, 0.05) is 43.8 Å². The van der Waals surface area contributed by atoms with Gasteiger partial charge in [0.05, 0.1) is 6.20 Å². The van der Waals surface area contributed by atoms with E-state index in [1.807, 2.05) is 0 Å². The van der Waals surface area contributed by atoms with Crippen molar-refractivity contribution in [3.8, 4) is 0 Å². The zero-order valence-corrected chi connectivity index (χ0v) is 14.5. The van der Waals surface area contributed by atoms with E-state index in [0.29, 0.717) is 6.54 Å². The van der Waals surface area contributed by atoms with Gasteiger partial charge in [-0.2, -0.15) is 0 Å². The monoisotopic (exact) mass is 375 g/mol. The first-order valence-electron chi connectivity index (χ1n) is 8.58. The van der Waals surface area contributed by atoms with E-state index >= 15 is 0 Å². The van der Waals surface area contributed by atoms with Gasteiger partial charge in [0.1, 0.15) is 5.82 Å². The predicted molar refractivity (Wildman–Crippen MR) is 95.0 cm³/mol. The standard InChI is InChI=1S/C18H19F2N5O2/c19-14-2-1-13(9-15(14)20)24-18(27)17(26)23-10-12-3-7-25(8-4-12)16-11-21-5-6-22-16/h1-2,5-6,9,11-12H,3-4,7-8,10H2,(H,23,26)(H,24,27). The van der Waals surface area contributed by atoms with Crippen molar-refractivity contribution in [2.75, 3.05) is 29.9 Å². The van der Waals surface area contributed by atoms with Crippen LogP contribution in [0.25, 0.3) is 0 Å². The Morgan fingerprint density at radius 1 is 1.11 bits per heavy atom. The lowest BCUT2D eigenvalue weighted by molar-refractivity contribution is -0.136. The van der Waals surface area contributed by atoms with Crippen LogP contribution in [0.1, 0.15) is 12.8 Å². The van der Waals surface area contributed by atoms with Gasteiger partial charge in [-0.3, -0.25) is 14.6 Å². The number of benzene rings is 1. The molecule has 0 spiro atoms. The van der Waals surface area contributed by atoms with Crippen LogP contribution in [0.4, 0.5) is 20.3 Å². The maximum absolute atomic E-state index is 13.1. The minimum atomic E-state index is -1.09. The van der Waals surface area contributed by atoms with Gasteiger partial charge < -0.3 is 15.5 Å². The number of carbonyl (C=O) groups excluding carboxylic acids is 2. The third-order valence-electron chi connectivity index (χ3n) is 4.42. The molecule has 1 aromatic carbocycles. The van der Waals surface area contributed by atoms with E-state index in [1.165, 1.54) is 6.07 Å². The second kappa shape index (κ2) is 8.52. The lowest BCUT2D eigenvalue weighted by Crippen LogP contribution is -2.42. The normalized spacial score (nSPS) is 14.7. The fourth-order valence-electron chi connectivity index (χ4n) is 2.90. The Morgan fingerprint density at radius 2 is 1.89 bits per heavy atom. The van der Waals surface area contributed by atoms with Gasteiger partial charge in [0.15, 0.2) is 11.6 Å². The van der Waals surface area contributed by atoms with Crippen molar-refractivity contribution in [2.45, 2.75) is 12.8 Å². The van der Waals surface area contributed by atoms with Gasteiger partial charge in [0.25, 0.3) is 0 Å². The summed E-state index contributed by atoms with van der Waals surface area (Å²) in [6.45, 7) is 1.96. The molecular formula is C18H19F2N5O2. The Balaban J connectivity index is 1.42. The van der Waals surface area contributed by atoms with Gasteiger partial charge in [0.2, 0.25) is 0 Å². The quantitative estimate of drug-likeness (QED) is 0.795. The number of aromatic nitrogens is 2. The van der Waals surface area contributed by atoms with Crippen molar-refractivity contribution >= 4 is 23.3 Å². The highest BCUT2D eigenvalue weighted by Gasteiger charge is 2.22. The number of halogens is 2. The molecule has 1 aliphatic heterocycles. The summed E-state index contributed by atoms with van der Waals surface area (Å²) in [6.07, 6.45) is 6.68. The molecule has 0 unspecified atom stereocenters. The van der Waals surface area contributed by atoms with E-state index in [9.17, 15) is 18.4 Å². The fourth-order valence-corrected chi connectivity index (χ4v) is 2.90. The smallest absolute Gasteiger partial charge is 0.313 e. The summed E-state index contributed by atoms with van der Waals surface area (Å²) < 4.78 is 26.0. The Morgan fingerprint density at radius 3 is 2.56 bits per heavy atom. The number of piperidine rings is 1. The Bertz CT molecular complexity index is 811. The fraction of sp³-hybridized carbons (Fsp3) is 0.333. The molecule has 3 rings (SSSR count). The second-order valence-corrected chi connectivity index (χ2v) is 6.29. The molecule has 2 aromatic rings. The molecule has 0 bridgehead atoms. The van der Waals surface area contributed by atoms with Crippen LogP contribution in [0.15, 0.2) is 36.8 Å². The van der Waals surface area contributed by atoms with Crippen LogP contribution < -0.4 is 15.5 Å². The Kier molecular flexibility index (Phi) is 5.90. The highest BCUT2D eigenvalue weighted by molar-refractivity contribution is 6.39. The van der Waals surface area contributed by atoms with Gasteiger partial charge in [-0.15, -0.1) is 0 Å². The summed E-state index contributed by atoms with van der Waals surface area (Å²) in [4.78, 5) is 34.2. The van der Waals surface area contributed by atoms with Crippen molar-refractivity contribution in [1.82, 2.24) is 15.3 Å². The highest BCUT2D eigenvalue weighted by atomic mass is 19.2. The van der Waals surface area contributed by atoms with Gasteiger partial charge in [-0.1, -0.05) is 0 Å². The first kappa shape index (κ1) is 18.7. The third-order valence-corrected chi connectivity index (χ3v) is 4.42. The lowest BCUT2D eigenvalue weighted by Gasteiger charge is -2.32. The largest absolute Gasteiger partial charge is 0.355 e. The van der Waals surface area contributed by atoms with E-state index in [-0.39, 0.29) is 11.6 Å². The number of amides is 2. The molecule has 0 atom stereocenters. The predicted octanol–water partition coefficient (Wildman–Crippen LogP) is 1.73. The third kappa shape index (κ3) is 4.96. The number of hydrogen-bond acceptors (Lipinski definition) is 5. The molecule has 0 saturated carbocycles. The van der Waals surface area contributed by atoms with Crippen molar-refractivity contribution in [1.29, 1.82) is 0 Å². The van der Waals surface area contributed by atoms with Gasteiger partial charge in [-0.25, -0.2) is 13.8 Å². The minimum Gasteiger partial charge on any atom is -0.355 e. The van der Waals surface area contributed by atoms with Gasteiger partial charge in [-0.05, 0) is 30.9 Å². The van der Waals surface area contributed by atoms with Crippen LogP contribution in [-0.2, 0) is 9.59 Å². The number of rotatable bonds is 4. The molecule has 27 heavy (non-hydrogen) atoms. The first-order chi connectivity index (χ1) is 13.0. The average molecular weight is 375 g/mol. The zero-order valence-electron chi connectivity index (χ0n) is 14.5. The topological polar surface area (TPSA) is 87.2 Å². The van der Waals surface area contributed by atoms with Crippen LogP contribution >= 0.6 is 0 Å². The Hall–Kier alpha value is -3.10.